The Morgan fingerprint density at radius 3 is 2.62 bits per heavy atom. The normalized spacial score (nSPS) is 11.3. The lowest BCUT2D eigenvalue weighted by Crippen LogP contribution is -2.34. The van der Waals surface area contributed by atoms with E-state index in [4.69, 9.17) is 4.74 Å². The maximum atomic E-state index is 12.4. The molecule has 0 radical (unpaired) electrons. The maximum Gasteiger partial charge on any atom is 0.311 e. The van der Waals surface area contributed by atoms with Gasteiger partial charge in [-0.25, -0.2) is 13.4 Å². The molecule has 0 bridgehead atoms. The van der Waals surface area contributed by atoms with E-state index >= 15 is 0 Å². The fourth-order valence-corrected chi connectivity index (χ4v) is 3.90. The van der Waals surface area contributed by atoms with E-state index in [1.807, 2.05) is 0 Å². The van der Waals surface area contributed by atoms with Crippen molar-refractivity contribution in [2.24, 2.45) is 0 Å². The number of aromatic nitrogens is 1. The summed E-state index contributed by atoms with van der Waals surface area (Å²) < 4.78 is 30.6. The van der Waals surface area contributed by atoms with Gasteiger partial charge in [0.25, 0.3) is 0 Å². The topological polar surface area (TPSA) is 106 Å². The van der Waals surface area contributed by atoms with Crippen LogP contribution in [0.2, 0.25) is 0 Å². The first-order chi connectivity index (χ1) is 12.3. The van der Waals surface area contributed by atoms with Crippen molar-refractivity contribution in [1.82, 2.24) is 9.29 Å². The number of rotatable bonds is 8. The van der Waals surface area contributed by atoms with Crippen molar-refractivity contribution in [2.75, 3.05) is 25.5 Å². The summed E-state index contributed by atoms with van der Waals surface area (Å²) >= 11 is 1.15. The summed E-state index contributed by atoms with van der Waals surface area (Å²) in [5, 5.41) is 4.46. The van der Waals surface area contributed by atoms with Crippen LogP contribution in [0.5, 0.6) is 0 Å². The predicted octanol–water partition coefficient (Wildman–Crippen LogP) is 1.51. The molecule has 2 rings (SSSR count). The molecule has 1 aromatic carbocycles. The van der Waals surface area contributed by atoms with Crippen LogP contribution < -0.4 is 5.32 Å². The van der Waals surface area contributed by atoms with Crippen LogP contribution in [0.3, 0.4) is 0 Å². The van der Waals surface area contributed by atoms with Crippen LogP contribution in [0.25, 0.3) is 0 Å². The van der Waals surface area contributed by atoms with Crippen molar-refractivity contribution in [1.29, 1.82) is 0 Å². The van der Waals surface area contributed by atoms with Gasteiger partial charge in [0.1, 0.15) is 0 Å². The summed E-state index contributed by atoms with van der Waals surface area (Å²) in [5.74, 6) is -0.923. The Morgan fingerprint density at radius 1 is 1.27 bits per heavy atom. The summed E-state index contributed by atoms with van der Waals surface area (Å²) in [7, 11) is -2.42. The van der Waals surface area contributed by atoms with Crippen molar-refractivity contribution in [3.8, 4) is 0 Å². The first kappa shape index (κ1) is 20.0. The highest BCUT2D eigenvalue weighted by atomic mass is 32.2. The van der Waals surface area contributed by atoms with Gasteiger partial charge in [-0.05, 0) is 19.1 Å². The zero-order chi connectivity index (χ0) is 19.2. The highest BCUT2D eigenvalue weighted by molar-refractivity contribution is 7.89. The smallest absolute Gasteiger partial charge is 0.311 e. The van der Waals surface area contributed by atoms with Crippen molar-refractivity contribution >= 4 is 38.4 Å². The number of hydrogen-bond donors (Lipinski definition) is 1. The van der Waals surface area contributed by atoms with E-state index in [0.29, 0.717) is 10.8 Å². The number of carbonyl (C=O) groups is 2. The lowest BCUT2D eigenvalue weighted by atomic mass is 10.3. The van der Waals surface area contributed by atoms with Gasteiger partial charge in [-0.15, -0.1) is 11.3 Å². The number of likely N-dealkylation sites (N-methyl/N-ethyl adjacent to an activating group) is 1. The lowest BCUT2D eigenvalue weighted by Gasteiger charge is -2.16. The summed E-state index contributed by atoms with van der Waals surface area (Å²) in [4.78, 5) is 27.7. The number of ether oxygens (including phenoxy) is 1. The number of nitrogens with zero attached hydrogens (tertiary/aromatic N) is 2. The van der Waals surface area contributed by atoms with E-state index in [9.17, 15) is 18.0 Å². The molecule has 0 fully saturated rings. The molecule has 1 aromatic heterocycles. The van der Waals surface area contributed by atoms with E-state index in [1.54, 1.807) is 30.5 Å². The second-order valence-electron chi connectivity index (χ2n) is 5.25. The van der Waals surface area contributed by atoms with Crippen LogP contribution in [0.1, 0.15) is 12.6 Å². The Labute approximate surface area is 155 Å². The first-order valence-electron chi connectivity index (χ1n) is 7.74. The summed E-state index contributed by atoms with van der Waals surface area (Å²) in [6.45, 7) is 1.64. The van der Waals surface area contributed by atoms with E-state index < -0.39 is 21.9 Å². The monoisotopic (exact) mass is 397 g/mol. The van der Waals surface area contributed by atoms with E-state index in [-0.39, 0.29) is 24.5 Å². The molecule has 0 aliphatic heterocycles. The zero-order valence-electron chi connectivity index (χ0n) is 14.3. The van der Waals surface area contributed by atoms with E-state index in [2.05, 4.69) is 10.3 Å². The minimum Gasteiger partial charge on any atom is -0.466 e. The fourth-order valence-electron chi connectivity index (χ4n) is 2.02. The van der Waals surface area contributed by atoms with Gasteiger partial charge in [-0.3, -0.25) is 9.59 Å². The second-order valence-corrected chi connectivity index (χ2v) is 8.15. The summed E-state index contributed by atoms with van der Waals surface area (Å²) in [6.07, 6.45) is 0.0164. The average molecular weight is 397 g/mol. The van der Waals surface area contributed by atoms with E-state index in [0.717, 1.165) is 15.6 Å². The van der Waals surface area contributed by atoms with Gasteiger partial charge < -0.3 is 10.1 Å². The molecule has 1 amide bonds. The van der Waals surface area contributed by atoms with Gasteiger partial charge in [0.2, 0.25) is 15.9 Å². The van der Waals surface area contributed by atoms with Gasteiger partial charge in [0.05, 0.1) is 30.2 Å². The van der Waals surface area contributed by atoms with Gasteiger partial charge in [-0.1, -0.05) is 18.2 Å². The number of hydrogen-bond acceptors (Lipinski definition) is 7. The summed E-state index contributed by atoms with van der Waals surface area (Å²) in [6, 6.07) is 7.86. The molecular weight excluding hydrogens is 378 g/mol. The van der Waals surface area contributed by atoms with Crippen molar-refractivity contribution in [3.63, 3.8) is 0 Å². The largest absolute Gasteiger partial charge is 0.466 e. The van der Waals surface area contributed by atoms with Gasteiger partial charge in [0, 0.05) is 12.4 Å². The third kappa shape index (κ3) is 5.35. The van der Waals surface area contributed by atoms with Crippen LogP contribution in [-0.4, -0.2) is 49.8 Å². The minimum atomic E-state index is -3.75. The Balaban J connectivity index is 1.94. The lowest BCUT2D eigenvalue weighted by molar-refractivity contribution is -0.142. The Morgan fingerprint density at radius 2 is 1.96 bits per heavy atom. The molecule has 0 spiro atoms. The van der Waals surface area contributed by atoms with Crippen LogP contribution in [0.15, 0.2) is 40.6 Å². The molecule has 10 heteroatoms. The molecule has 140 valence electrons. The number of nitrogens with one attached hydrogen (secondary N) is 1. The van der Waals surface area contributed by atoms with Gasteiger partial charge in [-0.2, -0.15) is 4.31 Å². The predicted molar refractivity (Wildman–Crippen MR) is 97.3 cm³/mol. The average Bonchev–Trinajstić information content (AvgIpc) is 3.02. The SMILES string of the molecule is CCOC(=O)Cc1csc(NC(=O)CN(C)S(=O)(=O)c2ccccc2)n1. The molecule has 0 saturated carbocycles. The Hall–Kier alpha value is -2.30. The van der Waals surface area contributed by atoms with Gasteiger partial charge in [0.15, 0.2) is 5.13 Å². The number of thiazole rings is 1. The molecule has 2 aromatic rings. The second kappa shape index (κ2) is 8.88. The number of sulfonamides is 1. The first-order valence-corrected chi connectivity index (χ1v) is 10.1. The van der Waals surface area contributed by atoms with Crippen molar-refractivity contribution in [3.05, 3.63) is 41.4 Å². The molecule has 1 heterocycles. The molecule has 8 nitrogen and oxygen atoms in total. The third-order valence-electron chi connectivity index (χ3n) is 3.25. The standard InChI is InChI=1S/C16H19N3O5S2/c1-3-24-15(21)9-12-11-25-16(17-12)18-14(20)10-19(2)26(22,23)13-7-5-4-6-8-13/h4-8,11H,3,9-10H2,1-2H3,(H,17,18,20). The molecule has 0 aliphatic rings. The minimum absolute atomic E-state index is 0.0164. The highest BCUT2D eigenvalue weighted by Crippen LogP contribution is 2.17. The number of amides is 1. The maximum absolute atomic E-state index is 12.4. The van der Waals surface area contributed by atoms with E-state index in [1.165, 1.54) is 19.2 Å². The number of benzene rings is 1. The molecule has 0 unspecified atom stereocenters. The van der Waals surface area contributed by atoms with Crippen LogP contribution in [0, 0.1) is 0 Å². The molecular formula is C16H19N3O5S2. The third-order valence-corrected chi connectivity index (χ3v) is 5.87. The molecule has 26 heavy (non-hydrogen) atoms. The Bertz CT molecular complexity index is 865. The highest BCUT2D eigenvalue weighted by Gasteiger charge is 2.23. The Kier molecular flexibility index (Phi) is 6.83. The molecule has 0 saturated heterocycles. The molecule has 0 atom stereocenters. The van der Waals surface area contributed by atoms with Crippen LogP contribution in [-0.2, 0) is 30.8 Å². The zero-order valence-corrected chi connectivity index (χ0v) is 16.0. The van der Waals surface area contributed by atoms with Crippen molar-refractivity contribution in [2.45, 2.75) is 18.2 Å². The number of carbonyl (C=O) groups excluding carboxylic acids is 2. The van der Waals surface area contributed by atoms with Crippen LogP contribution in [0.4, 0.5) is 5.13 Å². The quantitative estimate of drug-likeness (QED) is 0.677. The van der Waals surface area contributed by atoms with Crippen LogP contribution >= 0.6 is 11.3 Å². The fraction of sp³-hybridized carbons (Fsp3) is 0.312. The van der Waals surface area contributed by atoms with Gasteiger partial charge >= 0.3 is 5.97 Å². The number of anilines is 1. The van der Waals surface area contributed by atoms with Crippen molar-refractivity contribution < 1.29 is 22.7 Å². The number of esters is 1. The molecule has 0 aliphatic carbocycles. The molecule has 1 N–H and O–H groups in total. The summed E-state index contributed by atoms with van der Waals surface area (Å²) in [5.41, 5.74) is 0.481.